The van der Waals surface area contributed by atoms with E-state index in [1.54, 1.807) is 0 Å². The Labute approximate surface area is 87.3 Å². The van der Waals surface area contributed by atoms with Crippen molar-refractivity contribution in [3.05, 3.63) is 35.4 Å². The normalized spacial score (nSPS) is 18.7. The lowest BCUT2D eigenvalue weighted by Gasteiger charge is -2.20. The highest BCUT2D eigenvalue weighted by Crippen LogP contribution is 2.40. The Morgan fingerprint density at radius 3 is 2.07 bits per heavy atom. The number of nitrogens with zero attached hydrogens (tertiary/aromatic N) is 1. The summed E-state index contributed by atoms with van der Waals surface area (Å²) in [6, 6.07) is 5.60. The molecule has 1 aliphatic rings. The SMILES string of the molecule is N#CC1(c2cc(F)cc(F)c2)CCCC1. The first-order chi connectivity index (χ1) is 7.16. The van der Waals surface area contributed by atoms with E-state index in [9.17, 15) is 8.78 Å². The van der Waals surface area contributed by atoms with Crippen molar-refractivity contribution in [2.45, 2.75) is 31.1 Å². The Kier molecular flexibility index (Phi) is 2.44. The number of hydrogen-bond acceptors (Lipinski definition) is 1. The monoisotopic (exact) mass is 207 g/mol. The summed E-state index contributed by atoms with van der Waals surface area (Å²) in [5, 5.41) is 9.16. The molecular weight excluding hydrogens is 196 g/mol. The summed E-state index contributed by atoms with van der Waals surface area (Å²) >= 11 is 0. The average Bonchev–Trinajstić information content (AvgIpc) is 2.65. The van der Waals surface area contributed by atoms with Crippen molar-refractivity contribution in [1.29, 1.82) is 5.26 Å². The minimum Gasteiger partial charge on any atom is -0.207 e. The van der Waals surface area contributed by atoms with Crippen molar-refractivity contribution >= 4 is 0 Å². The minimum absolute atomic E-state index is 0.486. The first kappa shape index (κ1) is 10.1. The van der Waals surface area contributed by atoms with E-state index in [2.05, 4.69) is 6.07 Å². The van der Waals surface area contributed by atoms with Gasteiger partial charge in [-0.3, -0.25) is 0 Å². The van der Waals surface area contributed by atoms with Crippen LogP contribution in [0.4, 0.5) is 8.78 Å². The van der Waals surface area contributed by atoms with Crippen LogP contribution in [0.1, 0.15) is 31.2 Å². The van der Waals surface area contributed by atoms with Gasteiger partial charge in [0.25, 0.3) is 0 Å². The first-order valence-corrected chi connectivity index (χ1v) is 5.04. The van der Waals surface area contributed by atoms with E-state index in [1.165, 1.54) is 12.1 Å². The third-order valence-corrected chi connectivity index (χ3v) is 3.09. The van der Waals surface area contributed by atoms with Crippen LogP contribution in [-0.4, -0.2) is 0 Å². The van der Waals surface area contributed by atoms with Crippen LogP contribution < -0.4 is 0 Å². The lowest BCUT2D eigenvalue weighted by Crippen LogP contribution is -2.19. The second-order valence-electron chi connectivity index (χ2n) is 4.06. The van der Waals surface area contributed by atoms with Crippen LogP contribution in [0.25, 0.3) is 0 Å². The molecule has 1 aliphatic carbocycles. The highest BCUT2D eigenvalue weighted by molar-refractivity contribution is 5.34. The van der Waals surface area contributed by atoms with E-state index in [4.69, 9.17) is 5.26 Å². The van der Waals surface area contributed by atoms with Gasteiger partial charge in [-0.15, -0.1) is 0 Å². The number of rotatable bonds is 1. The van der Waals surface area contributed by atoms with Gasteiger partial charge in [0.1, 0.15) is 11.6 Å². The van der Waals surface area contributed by atoms with Gasteiger partial charge in [0, 0.05) is 6.07 Å². The molecule has 0 amide bonds. The Hall–Kier alpha value is -1.43. The van der Waals surface area contributed by atoms with E-state index in [-0.39, 0.29) is 0 Å². The molecule has 15 heavy (non-hydrogen) atoms. The molecule has 0 unspecified atom stereocenters. The molecule has 2 rings (SSSR count). The maximum Gasteiger partial charge on any atom is 0.126 e. The molecule has 0 saturated heterocycles. The standard InChI is InChI=1S/C12H11F2N/c13-10-5-9(6-11(14)7-10)12(8-15)3-1-2-4-12/h5-7H,1-4H2. The molecule has 1 fully saturated rings. The van der Waals surface area contributed by atoms with Crippen LogP contribution >= 0.6 is 0 Å². The fourth-order valence-corrected chi connectivity index (χ4v) is 2.27. The summed E-state index contributed by atoms with van der Waals surface area (Å²) in [7, 11) is 0. The molecule has 1 nitrogen and oxygen atoms in total. The van der Waals surface area contributed by atoms with Crippen molar-refractivity contribution < 1.29 is 8.78 Å². The van der Waals surface area contributed by atoms with Gasteiger partial charge in [-0.05, 0) is 30.5 Å². The van der Waals surface area contributed by atoms with Crippen LogP contribution in [0.15, 0.2) is 18.2 Å². The molecular formula is C12H11F2N. The summed E-state index contributed by atoms with van der Waals surface area (Å²) in [5.74, 6) is -1.21. The minimum atomic E-state index is -0.664. The third-order valence-electron chi connectivity index (χ3n) is 3.09. The maximum atomic E-state index is 13.0. The second kappa shape index (κ2) is 3.62. The molecule has 0 radical (unpaired) electrons. The molecule has 0 aliphatic heterocycles. The fourth-order valence-electron chi connectivity index (χ4n) is 2.27. The van der Waals surface area contributed by atoms with Gasteiger partial charge in [0.05, 0.1) is 11.5 Å². The predicted octanol–water partition coefficient (Wildman–Crippen LogP) is 3.30. The molecule has 1 saturated carbocycles. The van der Waals surface area contributed by atoms with Gasteiger partial charge in [-0.2, -0.15) is 5.26 Å². The Morgan fingerprint density at radius 2 is 1.60 bits per heavy atom. The zero-order chi connectivity index (χ0) is 10.9. The highest BCUT2D eigenvalue weighted by atomic mass is 19.1. The van der Waals surface area contributed by atoms with Crippen LogP contribution in [0, 0.1) is 23.0 Å². The summed E-state index contributed by atoms with van der Waals surface area (Å²) in [6.45, 7) is 0. The fraction of sp³-hybridized carbons (Fsp3) is 0.417. The molecule has 0 bridgehead atoms. The van der Waals surface area contributed by atoms with Gasteiger partial charge in [-0.1, -0.05) is 12.8 Å². The van der Waals surface area contributed by atoms with Gasteiger partial charge in [0.15, 0.2) is 0 Å². The second-order valence-corrected chi connectivity index (χ2v) is 4.06. The van der Waals surface area contributed by atoms with Crippen molar-refractivity contribution in [2.75, 3.05) is 0 Å². The quantitative estimate of drug-likeness (QED) is 0.693. The number of hydrogen-bond donors (Lipinski definition) is 0. The van der Waals surface area contributed by atoms with E-state index in [1.807, 2.05) is 0 Å². The predicted molar refractivity (Wildman–Crippen MR) is 52.1 cm³/mol. The lowest BCUT2D eigenvalue weighted by atomic mass is 9.80. The lowest BCUT2D eigenvalue weighted by molar-refractivity contribution is 0.538. The van der Waals surface area contributed by atoms with E-state index >= 15 is 0 Å². The van der Waals surface area contributed by atoms with E-state index < -0.39 is 17.0 Å². The molecule has 0 aromatic heterocycles. The zero-order valence-corrected chi connectivity index (χ0v) is 8.26. The van der Waals surface area contributed by atoms with Crippen molar-refractivity contribution in [2.24, 2.45) is 0 Å². The summed E-state index contributed by atoms with van der Waals surface area (Å²) in [5.41, 5.74) is -0.178. The molecule has 78 valence electrons. The maximum absolute atomic E-state index is 13.0. The first-order valence-electron chi connectivity index (χ1n) is 5.04. The number of halogens is 2. The molecule has 0 atom stereocenters. The number of nitriles is 1. The van der Waals surface area contributed by atoms with Crippen LogP contribution in [-0.2, 0) is 5.41 Å². The van der Waals surface area contributed by atoms with Gasteiger partial charge in [-0.25, -0.2) is 8.78 Å². The summed E-state index contributed by atoms with van der Waals surface area (Å²) in [4.78, 5) is 0. The van der Waals surface area contributed by atoms with Crippen molar-refractivity contribution in [3.8, 4) is 6.07 Å². The van der Waals surface area contributed by atoms with Crippen LogP contribution in [0.3, 0.4) is 0 Å². The molecule has 0 N–H and O–H groups in total. The van der Waals surface area contributed by atoms with Gasteiger partial charge in [0.2, 0.25) is 0 Å². The Bertz CT molecular complexity index is 394. The Balaban J connectivity index is 2.48. The van der Waals surface area contributed by atoms with Gasteiger partial charge >= 0.3 is 0 Å². The molecule has 0 heterocycles. The Morgan fingerprint density at radius 1 is 1.07 bits per heavy atom. The van der Waals surface area contributed by atoms with Crippen LogP contribution in [0.2, 0.25) is 0 Å². The third kappa shape index (κ3) is 1.72. The highest BCUT2D eigenvalue weighted by Gasteiger charge is 2.36. The van der Waals surface area contributed by atoms with Crippen molar-refractivity contribution in [3.63, 3.8) is 0 Å². The summed E-state index contributed by atoms with van der Waals surface area (Å²) in [6.07, 6.45) is 3.30. The summed E-state index contributed by atoms with van der Waals surface area (Å²) < 4.78 is 26.1. The largest absolute Gasteiger partial charge is 0.207 e. The molecule has 3 heteroatoms. The number of benzene rings is 1. The average molecular weight is 207 g/mol. The van der Waals surface area contributed by atoms with Crippen LogP contribution in [0.5, 0.6) is 0 Å². The van der Waals surface area contributed by atoms with Gasteiger partial charge < -0.3 is 0 Å². The van der Waals surface area contributed by atoms with Crippen molar-refractivity contribution in [1.82, 2.24) is 0 Å². The van der Waals surface area contributed by atoms with E-state index in [0.29, 0.717) is 18.4 Å². The van der Waals surface area contributed by atoms with E-state index in [0.717, 1.165) is 18.9 Å². The molecule has 1 aromatic rings. The zero-order valence-electron chi connectivity index (χ0n) is 8.26. The molecule has 1 aromatic carbocycles. The molecule has 0 spiro atoms. The topological polar surface area (TPSA) is 23.8 Å². The smallest absolute Gasteiger partial charge is 0.126 e.